The highest BCUT2D eigenvalue weighted by molar-refractivity contribution is 6.02. The Hall–Kier alpha value is -2.56. The number of aromatic nitrogens is 2. The molecule has 1 N–H and O–H groups in total. The molecule has 5 heteroatoms. The van der Waals surface area contributed by atoms with Crippen LogP contribution in [0, 0.1) is 0 Å². The van der Waals surface area contributed by atoms with E-state index in [1.54, 1.807) is 10.9 Å². The molecule has 0 saturated heterocycles. The summed E-state index contributed by atoms with van der Waals surface area (Å²) in [5.74, 6) is -0.993. The van der Waals surface area contributed by atoms with Gasteiger partial charge < -0.3 is 9.52 Å². The lowest BCUT2D eigenvalue weighted by atomic mass is 10.0. The molecule has 1 aliphatic heterocycles. The third-order valence-corrected chi connectivity index (χ3v) is 3.79. The normalized spacial score (nSPS) is 13.8. The summed E-state index contributed by atoms with van der Waals surface area (Å²) in [6.07, 6.45) is 3.49. The van der Waals surface area contributed by atoms with Crippen molar-refractivity contribution >= 4 is 16.9 Å². The fraction of sp³-hybridized carbons (Fsp3) is 0.200. The first-order valence-electron chi connectivity index (χ1n) is 6.55. The lowest BCUT2D eigenvalue weighted by molar-refractivity contribution is 0.0690. The van der Waals surface area contributed by atoms with E-state index in [0.29, 0.717) is 5.56 Å². The van der Waals surface area contributed by atoms with E-state index < -0.39 is 5.97 Å². The first-order valence-corrected chi connectivity index (χ1v) is 6.55. The van der Waals surface area contributed by atoms with Crippen molar-refractivity contribution in [2.24, 2.45) is 0 Å². The number of aryl methyl sites for hydroxylation is 1. The summed E-state index contributed by atoms with van der Waals surface area (Å²) >= 11 is 0. The minimum absolute atomic E-state index is 0.117. The molecule has 20 heavy (non-hydrogen) atoms. The average Bonchev–Trinajstić information content (AvgIpc) is 3.10. The Kier molecular flexibility index (Phi) is 2.24. The highest BCUT2D eigenvalue weighted by atomic mass is 16.4. The highest BCUT2D eigenvalue weighted by Gasteiger charge is 2.28. The molecule has 0 atom stereocenters. The fourth-order valence-corrected chi connectivity index (χ4v) is 2.94. The maximum absolute atomic E-state index is 11.5. The van der Waals surface area contributed by atoms with Crippen molar-refractivity contribution in [1.29, 1.82) is 0 Å². The standard InChI is InChI=1S/C15H12N2O3/c18-15(19)14-13(11-5-3-7-17(11)16-14)10-8-20-12-6-2-1-4-9(10)12/h1-2,4,6,8H,3,5,7H2,(H,18,19). The molecular formula is C15H12N2O3. The van der Waals surface area contributed by atoms with Gasteiger partial charge in [-0.05, 0) is 18.9 Å². The molecule has 2 aromatic heterocycles. The van der Waals surface area contributed by atoms with Crippen molar-refractivity contribution in [2.75, 3.05) is 0 Å². The number of hydrogen-bond acceptors (Lipinski definition) is 3. The van der Waals surface area contributed by atoms with Gasteiger partial charge in [0.25, 0.3) is 0 Å². The molecule has 0 amide bonds. The number of aromatic carboxylic acids is 1. The van der Waals surface area contributed by atoms with Gasteiger partial charge in [-0.1, -0.05) is 18.2 Å². The molecule has 3 aromatic rings. The van der Waals surface area contributed by atoms with Crippen molar-refractivity contribution in [1.82, 2.24) is 9.78 Å². The van der Waals surface area contributed by atoms with Crippen LogP contribution in [0.1, 0.15) is 22.6 Å². The predicted octanol–water partition coefficient (Wildman–Crippen LogP) is 2.94. The van der Waals surface area contributed by atoms with E-state index in [-0.39, 0.29) is 5.69 Å². The third kappa shape index (κ3) is 1.43. The summed E-state index contributed by atoms with van der Waals surface area (Å²) in [4.78, 5) is 11.5. The van der Waals surface area contributed by atoms with E-state index >= 15 is 0 Å². The number of nitrogens with zero attached hydrogens (tertiary/aromatic N) is 2. The molecule has 0 bridgehead atoms. The predicted molar refractivity (Wildman–Crippen MR) is 72.7 cm³/mol. The Morgan fingerprint density at radius 1 is 1.35 bits per heavy atom. The lowest BCUT2D eigenvalue weighted by Gasteiger charge is -2.00. The van der Waals surface area contributed by atoms with Gasteiger partial charge in [0.05, 0.1) is 6.26 Å². The molecule has 0 unspecified atom stereocenters. The number of carbonyl (C=O) groups is 1. The van der Waals surface area contributed by atoms with Gasteiger partial charge in [0, 0.05) is 28.8 Å². The van der Waals surface area contributed by atoms with E-state index in [1.807, 2.05) is 24.3 Å². The maximum Gasteiger partial charge on any atom is 0.357 e. The van der Waals surface area contributed by atoms with Crippen LogP contribution in [0.3, 0.4) is 0 Å². The monoisotopic (exact) mass is 268 g/mol. The summed E-state index contributed by atoms with van der Waals surface area (Å²) in [6.45, 7) is 0.783. The van der Waals surface area contributed by atoms with Gasteiger partial charge in [-0.15, -0.1) is 0 Å². The van der Waals surface area contributed by atoms with Gasteiger partial charge in [0.2, 0.25) is 0 Å². The van der Waals surface area contributed by atoms with Gasteiger partial charge in [-0.2, -0.15) is 5.10 Å². The summed E-state index contributed by atoms with van der Waals surface area (Å²) in [6, 6.07) is 7.64. The minimum atomic E-state index is -0.993. The van der Waals surface area contributed by atoms with E-state index in [9.17, 15) is 9.90 Å². The maximum atomic E-state index is 11.5. The number of carboxylic acid groups (broad SMARTS) is 1. The Morgan fingerprint density at radius 2 is 2.20 bits per heavy atom. The van der Waals surface area contributed by atoms with Crippen LogP contribution in [0.4, 0.5) is 0 Å². The summed E-state index contributed by atoms with van der Waals surface area (Å²) in [5, 5.41) is 14.5. The van der Waals surface area contributed by atoms with Crippen molar-refractivity contribution in [2.45, 2.75) is 19.4 Å². The van der Waals surface area contributed by atoms with Crippen LogP contribution in [-0.2, 0) is 13.0 Å². The van der Waals surface area contributed by atoms with Crippen molar-refractivity contribution in [3.8, 4) is 11.1 Å². The minimum Gasteiger partial charge on any atom is -0.476 e. The van der Waals surface area contributed by atoms with E-state index in [0.717, 1.165) is 41.6 Å². The second-order valence-corrected chi connectivity index (χ2v) is 4.95. The average molecular weight is 268 g/mol. The molecule has 3 heterocycles. The van der Waals surface area contributed by atoms with Gasteiger partial charge in [-0.3, -0.25) is 4.68 Å². The van der Waals surface area contributed by atoms with Gasteiger partial charge in [0.1, 0.15) is 5.58 Å². The van der Waals surface area contributed by atoms with Crippen molar-refractivity contribution < 1.29 is 14.3 Å². The third-order valence-electron chi connectivity index (χ3n) is 3.79. The zero-order chi connectivity index (χ0) is 13.7. The van der Waals surface area contributed by atoms with Crippen LogP contribution >= 0.6 is 0 Å². The second-order valence-electron chi connectivity index (χ2n) is 4.95. The number of furan rings is 1. The van der Waals surface area contributed by atoms with E-state index in [2.05, 4.69) is 5.10 Å². The molecule has 0 spiro atoms. The van der Waals surface area contributed by atoms with Crippen LogP contribution in [-0.4, -0.2) is 20.9 Å². The lowest BCUT2D eigenvalue weighted by Crippen LogP contribution is -2.02. The number of para-hydroxylation sites is 1. The molecule has 0 fully saturated rings. The van der Waals surface area contributed by atoms with Crippen molar-refractivity contribution in [3.05, 3.63) is 41.9 Å². The molecule has 1 aromatic carbocycles. The molecule has 1 aliphatic rings. The molecular weight excluding hydrogens is 256 g/mol. The summed E-state index contributed by atoms with van der Waals surface area (Å²) in [7, 11) is 0. The summed E-state index contributed by atoms with van der Waals surface area (Å²) in [5.41, 5.74) is 3.40. The largest absolute Gasteiger partial charge is 0.476 e. The zero-order valence-electron chi connectivity index (χ0n) is 10.7. The first kappa shape index (κ1) is 11.3. The molecule has 0 saturated carbocycles. The Bertz CT molecular complexity index is 829. The number of hydrogen-bond donors (Lipinski definition) is 1. The van der Waals surface area contributed by atoms with Crippen LogP contribution in [0.2, 0.25) is 0 Å². The molecule has 0 aliphatic carbocycles. The van der Waals surface area contributed by atoms with Crippen molar-refractivity contribution in [3.63, 3.8) is 0 Å². The van der Waals surface area contributed by atoms with E-state index in [1.165, 1.54) is 0 Å². The van der Waals surface area contributed by atoms with Crippen LogP contribution in [0.25, 0.3) is 22.1 Å². The number of carboxylic acids is 1. The van der Waals surface area contributed by atoms with Crippen LogP contribution < -0.4 is 0 Å². The quantitative estimate of drug-likeness (QED) is 0.775. The van der Waals surface area contributed by atoms with Gasteiger partial charge >= 0.3 is 5.97 Å². The van der Waals surface area contributed by atoms with Gasteiger partial charge in [0.15, 0.2) is 5.69 Å². The second kappa shape index (κ2) is 3.96. The smallest absolute Gasteiger partial charge is 0.357 e. The number of fused-ring (bicyclic) bond motifs is 2. The van der Waals surface area contributed by atoms with Gasteiger partial charge in [-0.25, -0.2) is 4.79 Å². The Morgan fingerprint density at radius 3 is 3.05 bits per heavy atom. The topological polar surface area (TPSA) is 68.3 Å². The van der Waals surface area contributed by atoms with Crippen LogP contribution in [0.15, 0.2) is 34.9 Å². The number of rotatable bonds is 2. The first-order chi connectivity index (χ1) is 9.75. The highest BCUT2D eigenvalue weighted by Crippen LogP contribution is 2.37. The molecule has 0 radical (unpaired) electrons. The summed E-state index contributed by atoms with van der Waals surface area (Å²) < 4.78 is 7.34. The Balaban J connectivity index is 2.05. The van der Waals surface area contributed by atoms with E-state index in [4.69, 9.17) is 4.42 Å². The van der Waals surface area contributed by atoms with Crippen LogP contribution in [0.5, 0.6) is 0 Å². The Labute approximate surface area is 114 Å². The fourth-order valence-electron chi connectivity index (χ4n) is 2.94. The number of benzene rings is 1. The zero-order valence-corrected chi connectivity index (χ0v) is 10.7. The molecule has 100 valence electrons. The SMILES string of the molecule is O=C(O)c1nn2c(c1-c1coc3ccccc13)CCC2. The molecule has 4 rings (SSSR count). The molecule has 5 nitrogen and oxygen atoms in total.